The molecule has 158 valence electrons. The molecule has 2 rings (SSSR count). The van der Waals surface area contributed by atoms with Crippen molar-refractivity contribution >= 4 is 15.7 Å². The Hall–Kier alpha value is -1.58. The second kappa shape index (κ2) is 9.28. The van der Waals surface area contributed by atoms with E-state index in [1.165, 1.54) is 6.07 Å². The van der Waals surface area contributed by atoms with Crippen molar-refractivity contribution in [2.24, 2.45) is 5.92 Å². The average molecular weight is 420 g/mol. The molecule has 9 heteroatoms. The van der Waals surface area contributed by atoms with Crippen LogP contribution < -0.4 is 10.2 Å². The van der Waals surface area contributed by atoms with Gasteiger partial charge in [-0.3, -0.25) is 4.84 Å². The Balaban J connectivity index is 2.26. The largest absolute Gasteiger partial charge is 0.417 e. The maximum atomic E-state index is 13.5. The van der Waals surface area contributed by atoms with Crippen LogP contribution in [0.15, 0.2) is 35.2 Å². The number of sulfonamides is 1. The predicted octanol–water partition coefficient (Wildman–Crippen LogP) is 4.87. The molecule has 0 radical (unpaired) electrons. The van der Waals surface area contributed by atoms with Gasteiger partial charge in [-0.25, -0.2) is 8.42 Å². The maximum Gasteiger partial charge on any atom is 0.417 e. The van der Waals surface area contributed by atoms with Crippen molar-refractivity contribution in [2.75, 3.05) is 11.9 Å². The topological polar surface area (TPSA) is 67.4 Å². The summed E-state index contributed by atoms with van der Waals surface area (Å²) in [4.78, 5) is 5.83. The number of hydrogen-bond donors (Lipinski definition) is 2. The Kier molecular flexibility index (Phi) is 7.52. The van der Waals surface area contributed by atoms with Crippen LogP contribution in [0.5, 0.6) is 0 Å². The summed E-state index contributed by atoms with van der Waals surface area (Å²) in [6.45, 7) is 8.04. The smallest absolute Gasteiger partial charge is 0.379 e. The molecule has 1 atom stereocenters. The molecule has 0 heterocycles. The van der Waals surface area contributed by atoms with Gasteiger partial charge in [-0.15, -0.1) is 0 Å². The number of alkyl halides is 3. The number of hydrogen-bond acceptors (Lipinski definition) is 4. The third-order valence-electron chi connectivity index (χ3n) is 4.57. The molecular formula is C19H27F3N2O3S. The van der Waals surface area contributed by atoms with Gasteiger partial charge in [0, 0.05) is 11.7 Å². The first-order valence-corrected chi connectivity index (χ1v) is 10.9. The van der Waals surface area contributed by atoms with Crippen molar-refractivity contribution in [3.8, 4) is 0 Å². The minimum atomic E-state index is -4.83. The molecular weight excluding hydrogens is 393 g/mol. The molecule has 2 N–H and O–H groups in total. The van der Waals surface area contributed by atoms with Gasteiger partial charge in [-0.2, -0.15) is 13.2 Å². The fourth-order valence-electron chi connectivity index (χ4n) is 2.82. The lowest BCUT2D eigenvalue weighted by Crippen LogP contribution is -2.28. The molecule has 0 spiro atoms. The van der Waals surface area contributed by atoms with E-state index in [1.807, 2.05) is 13.8 Å². The molecule has 1 saturated carbocycles. The molecule has 0 bridgehead atoms. The minimum Gasteiger partial charge on any atom is -0.379 e. The normalized spacial score (nSPS) is 16.0. The van der Waals surface area contributed by atoms with Gasteiger partial charge in [-0.1, -0.05) is 37.3 Å². The Bertz CT molecular complexity index is 790. The number of nitrogens with one attached hydrogen (secondary N) is 2. The molecule has 1 unspecified atom stereocenters. The van der Waals surface area contributed by atoms with Crippen LogP contribution in [0.3, 0.4) is 0 Å². The van der Waals surface area contributed by atoms with Crippen LogP contribution in [0.2, 0.25) is 0 Å². The van der Waals surface area contributed by atoms with E-state index in [-0.39, 0.29) is 24.3 Å². The van der Waals surface area contributed by atoms with Gasteiger partial charge in [0.1, 0.15) is 0 Å². The summed E-state index contributed by atoms with van der Waals surface area (Å²) in [7, 11) is -4.46. The van der Waals surface area contributed by atoms with Crippen LogP contribution in [0.25, 0.3) is 0 Å². The van der Waals surface area contributed by atoms with Gasteiger partial charge in [0.25, 0.3) is 10.0 Å². The molecule has 0 saturated heterocycles. The summed E-state index contributed by atoms with van der Waals surface area (Å²) < 4.78 is 65.2. The number of benzene rings is 1. The average Bonchev–Trinajstić information content (AvgIpc) is 3.43. The van der Waals surface area contributed by atoms with Gasteiger partial charge >= 0.3 is 6.18 Å². The Morgan fingerprint density at radius 2 is 2.00 bits per heavy atom. The molecule has 1 aliphatic rings. The molecule has 0 amide bonds. The van der Waals surface area contributed by atoms with E-state index in [0.717, 1.165) is 43.4 Å². The van der Waals surface area contributed by atoms with E-state index < -0.39 is 26.7 Å². The van der Waals surface area contributed by atoms with Crippen molar-refractivity contribution in [3.63, 3.8) is 0 Å². The van der Waals surface area contributed by atoms with Crippen molar-refractivity contribution < 1.29 is 26.4 Å². The monoisotopic (exact) mass is 420 g/mol. The second-order valence-corrected chi connectivity index (χ2v) is 8.68. The maximum absolute atomic E-state index is 13.5. The zero-order valence-corrected chi connectivity index (χ0v) is 16.9. The molecule has 1 fully saturated rings. The highest BCUT2D eigenvalue weighted by molar-refractivity contribution is 7.89. The molecule has 0 aliphatic heterocycles. The first-order valence-electron chi connectivity index (χ1n) is 9.37. The molecule has 1 aromatic rings. The lowest BCUT2D eigenvalue weighted by atomic mass is 10.0. The summed E-state index contributed by atoms with van der Waals surface area (Å²) in [5.41, 5.74) is -0.157. The first kappa shape index (κ1) is 22.7. The summed E-state index contributed by atoms with van der Waals surface area (Å²) >= 11 is 0. The van der Waals surface area contributed by atoms with Gasteiger partial charge in [0.05, 0.1) is 17.1 Å². The van der Waals surface area contributed by atoms with Gasteiger partial charge in [0.15, 0.2) is 0 Å². The lowest BCUT2D eigenvalue weighted by Gasteiger charge is -2.22. The van der Waals surface area contributed by atoms with E-state index in [1.54, 1.807) is 4.89 Å². The number of rotatable bonds is 11. The molecule has 0 aromatic heterocycles. The van der Waals surface area contributed by atoms with E-state index in [0.29, 0.717) is 6.42 Å². The fourth-order valence-corrected chi connectivity index (χ4v) is 3.85. The van der Waals surface area contributed by atoms with Gasteiger partial charge in [0.2, 0.25) is 0 Å². The van der Waals surface area contributed by atoms with Gasteiger partial charge < -0.3 is 5.32 Å². The van der Waals surface area contributed by atoms with Crippen LogP contribution in [-0.2, 0) is 21.0 Å². The van der Waals surface area contributed by atoms with Gasteiger partial charge in [-0.05, 0) is 49.8 Å². The molecule has 5 nitrogen and oxygen atoms in total. The zero-order chi connectivity index (χ0) is 20.9. The van der Waals surface area contributed by atoms with Crippen LogP contribution in [-0.4, -0.2) is 21.1 Å². The molecule has 1 aliphatic carbocycles. The van der Waals surface area contributed by atoms with Crippen LogP contribution in [0.4, 0.5) is 18.9 Å². The SMILES string of the molecule is C=C(CCC)C(CC)Nc1ccc(S(=O)(=O)NOCC2CC2)c(C(F)(F)F)c1. The van der Waals surface area contributed by atoms with Crippen molar-refractivity contribution in [1.29, 1.82) is 0 Å². The number of anilines is 1. The van der Waals surface area contributed by atoms with Crippen molar-refractivity contribution in [3.05, 3.63) is 35.9 Å². The van der Waals surface area contributed by atoms with Crippen molar-refractivity contribution in [1.82, 2.24) is 4.89 Å². The fraction of sp³-hybridized carbons (Fsp3) is 0.579. The summed E-state index contributed by atoms with van der Waals surface area (Å²) in [6, 6.07) is 2.90. The third kappa shape index (κ3) is 6.22. The van der Waals surface area contributed by atoms with E-state index >= 15 is 0 Å². The highest BCUT2D eigenvalue weighted by Crippen LogP contribution is 2.36. The van der Waals surface area contributed by atoms with Crippen LogP contribution in [0.1, 0.15) is 51.5 Å². The van der Waals surface area contributed by atoms with Crippen LogP contribution >= 0.6 is 0 Å². The Labute approximate surface area is 164 Å². The lowest BCUT2D eigenvalue weighted by molar-refractivity contribution is -0.139. The standard InChI is InChI=1S/C19H27F3N2O3S/c1-4-6-13(3)17(5-2)23-15-9-10-18(16(11-15)19(20,21)22)28(25,26)24-27-12-14-7-8-14/h9-11,14,17,23-24H,3-8,12H2,1-2H3. The Morgan fingerprint density at radius 1 is 1.32 bits per heavy atom. The van der Waals surface area contributed by atoms with E-state index in [9.17, 15) is 21.6 Å². The summed E-state index contributed by atoms with van der Waals surface area (Å²) in [5, 5.41) is 3.02. The first-order chi connectivity index (χ1) is 13.1. The van der Waals surface area contributed by atoms with E-state index in [2.05, 4.69) is 11.9 Å². The molecule has 1 aromatic carbocycles. The summed E-state index contributed by atoms with van der Waals surface area (Å²) in [5.74, 6) is 0.263. The number of halogens is 3. The van der Waals surface area contributed by atoms with Crippen molar-refractivity contribution in [2.45, 2.75) is 63.1 Å². The quantitative estimate of drug-likeness (QED) is 0.396. The highest BCUT2D eigenvalue weighted by atomic mass is 32.2. The second-order valence-electron chi connectivity index (χ2n) is 7.06. The molecule has 28 heavy (non-hydrogen) atoms. The predicted molar refractivity (Wildman–Crippen MR) is 102 cm³/mol. The highest BCUT2D eigenvalue weighted by Gasteiger charge is 2.38. The summed E-state index contributed by atoms with van der Waals surface area (Å²) in [6.07, 6.45) is -0.687. The Morgan fingerprint density at radius 3 is 2.54 bits per heavy atom. The minimum absolute atomic E-state index is 0.151. The van der Waals surface area contributed by atoms with Crippen LogP contribution in [0, 0.1) is 5.92 Å². The third-order valence-corrected chi connectivity index (χ3v) is 5.84. The van der Waals surface area contributed by atoms with E-state index in [4.69, 9.17) is 4.84 Å². The zero-order valence-electron chi connectivity index (χ0n) is 16.1.